The molecule has 176 valence electrons. The highest BCUT2D eigenvalue weighted by atomic mass is 16.5. The van der Waals surface area contributed by atoms with E-state index in [4.69, 9.17) is 4.52 Å². The number of carbonyl (C=O) groups is 3. The summed E-state index contributed by atoms with van der Waals surface area (Å²) in [5.74, 6) is 0.290. The zero-order valence-corrected chi connectivity index (χ0v) is 20.0. The van der Waals surface area contributed by atoms with E-state index in [2.05, 4.69) is 31.2 Å². The standard InChI is InChI=1S/C25H32N4O4/c1-16-11-24(4,5)15-25(12-16)22(31)29(23(32)26-25)14-21(30)28(19-9-7-6-8-10-19)13-20-17(2)27-33-18(20)3/h6-10,16H,11-15H2,1-5H3,(H,26,32). The first-order valence-electron chi connectivity index (χ1n) is 11.4. The third kappa shape index (κ3) is 4.38. The van der Waals surface area contributed by atoms with Gasteiger partial charge in [0, 0.05) is 11.3 Å². The smallest absolute Gasteiger partial charge is 0.325 e. The van der Waals surface area contributed by atoms with Gasteiger partial charge in [0.15, 0.2) is 0 Å². The van der Waals surface area contributed by atoms with E-state index in [1.165, 1.54) is 0 Å². The van der Waals surface area contributed by atoms with Crippen molar-refractivity contribution in [3.8, 4) is 0 Å². The van der Waals surface area contributed by atoms with E-state index in [9.17, 15) is 14.4 Å². The lowest BCUT2D eigenvalue weighted by Gasteiger charge is -2.43. The molecule has 2 aromatic rings. The molecule has 33 heavy (non-hydrogen) atoms. The number of benzene rings is 1. The molecule has 2 heterocycles. The van der Waals surface area contributed by atoms with E-state index in [1.54, 1.807) is 11.8 Å². The summed E-state index contributed by atoms with van der Waals surface area (Å²) in [6, 6.07) is 8.72. The van der Waals surface area contributed by atoms with Gasteiger partial charge < -0.3 is 14.7 Å². The number of anilines is 1. The second kappa shape index (κ2) is 8.32. The van der Waals surface area contributed by atoms with Gasteiger partial charge in [-0.1, -0.05) is 44.1 Å². The summed E-state index contributed by atoms with van der Waals surface area (Å²) in [7, 11) is 0. The Labute approximate surface area is 194 Å². The van der Waals surface area contributed by atoms with Crippen molar-refractivity contribution in [3.05, 3.63) is 47.3 Å². The number of rotatable bonds is 5. The molecule has 1 aliphatic carbocycles. The molecular formula is C25H32N4O4. The Hall–Kier alpha value is -3.16. The quantitative estimate of drug-likeness (QED) is 0.693. The first-order chi connectivity index (χ1) is 15.5. The molecule has 8 nitrogen and oxygen atoms in total. The Morgan fingerprint density at radius 1 is 1.21 bits per heavy atom. The molecule has 8 heteroatoms. The lowest BCUT2D eigenvalue weighted by molar-refractivity contribution is -0.137. The second-order valence-electron chi connectivity index (χ2n) is 10.4. The number of aromatic nitrogens is 1. The van der Waals surface area contributed by atoms with Crippen LogP contribution in [0.2, 0.25) is 0 Å². The molecule has 1 spiro atoms. The largest absolute Gasteiger partial charge is 0.361 e. The van der Waals surface area contributed by atoms with Crippen LogP contribution in [0.25, 0.3) is 0 Å². The second-order valence-corrected chi connectivity index (χ2v) is 10.4. The predicted molar refractivity (Wildman–Crippen MR) is 123 cm³/mol. The van der Waals surface area contributed by atoms with E-state index in [0.29, 0.717) is 35.9 Å². The lowest BCUT2D eigenvalue weighted by Crippen LogP contribution is -2.54. The van der Waals surface area contributed by atoms with Gasteiger partial charge in [-0.25, -0.2) is 4.79 Å². The van der Waals surface area contributed by atoms with Crippen molar-refractivity contribution in [2.45, 2.75) is 66.0 Å². The summed E-state index contributed by atoms with van der Waals surface area (Å²) in [5.41, 5.74) is 1.19. The molecule has 0 bridgehead atoms. The molecule has 1 aliphatic heterocycles. The van der Waals surface area contributed by atoms with Gasteiger partial charge in [0.05, 0.1) is 12.2 Å². The highest BCUT2D eigenvalue weighted by Crippen LogP contribution is 2.46. The van der Waals surface area contributed by atoms with Crippen LogP contribution in [0.3, 0.4) is 0 Å². The van der Waals surface area contributed by atoms with Crippen molar-refractivity contribution < 1.29 is 18.9 Å². The van der Waals surface area contributed by atoms with Crippen molar-refractivity contribution in [2.24, 2.45) is 11.3 Å². The maximum absolute atomic E-state index is 13.5. The minimum Gasteiger partial charge on any atom is -0.361 e. The van der Waals surface area contributed by atoms with Crippen molar-refractivity contribution in [3.63, 3.8) is 0 Å². The average molecular weight is 453 g/mol. The zero-order chi connectivity index (χ0) is 24.0. The van der Waals surface area contributed by atoms with Crippen molar-refractivity contribution in [1.82, 2.24) is 15.4 Å². The molecule has 1 N–H and O–H groups in total. The third-order valence-electron chi connectivity index (χ3n) is 6.78. The highest BCUT2D eigenvalue weighted by Gasteiger charge is 2.56. The predicted octanol–water partition coefficient (Wildman–Crippen LogP) is 3.96. The van der Waals surface area contributed by atoms with Crippen LogP contribution in [-0.4, -0.2) is 40.0 Å². The summed E-state index contributed by atoms with van der Waals surface area (Å²) in [5, 5.41) is 6.93. The Morgan fingerprint density at radius 2 is 1.91 bits per heavy atom. The summed E-state index contributed by atoms with van der Waals surface area (Å²) >= 11 is 0. The van der Waals surface area contributed by atoms with Crippen LogP contribution in [0.4, 0.5) is 10.5 Å². The molecule has 1 aromatic carbocycles. The molecular weight excluding hydrogens is 420 g/mol. The van der Waals surface area contributed by atoms with E-state index in [1.807, 2.05) is 37.3 Å². The number of amides is 4. The number of aryl methyl sites for hydroxylation is 2. The molecule has 4 amide bonds. The molecule has 2 aliphatic rings. The maximum atomic E-state index is 13.5. The fourth-order valence-corrected chi connectivity index (χ4v) is 5.69. The number of imide groups is 1. The molecule has 2 atom stereocenters. The summed E-state index contributed by atoms with van der Waals surface area (Å²) in [6.07, 6.45) is 2.16. The van der Waals surface area contributed by atoms with Gasteiger partial charge in [-0.3, -0.25) is 14.5 Å². The fourth-order valence-electron chi connectivity index (χ4n) is 5.69. The normalized spacial score (nSPS) is 24.3. The van der Waals surface area contributed by atoms with Gasteiger partial charge in [0.25, 0.3) is 5.91 Å². The Balaban J connectivity index is 1.59. The number of para-hydroxylation sites is 1. The van der Waals surface area contributed by atoms with Gasteiger partial charge >= 0.3 is 6.03 Å². The number of hydrogen-bond donors (Lipinski definition) is 1. The highest BCUT2D eigenvalue weighted by molar-refractivity contribution is 6.10. The molecule has 1 saturated carbocycles. The maximum Gasteiger partial charge on any atom is 0.325 e. The van der Waals surface area contributed by atoms with E-state index in [-0.39, 0.29) is 30.3 Å². The third-order valence-corrected chi connectivity index (χ3v) is 6.78. The van der Waals surface area contributed by atoms with Gasteiger partial charge in [-0.15, -0.1) is 0 Å². The minimum absolute atomic E-state index is 0.0694. The number of nitrogens with one attached hydrogen (secondary N) is 1. The minimum atomic E-state index is -0.933. The first kappa shape index (κ1) is 23.0. The first-order valence-corrected chi connectivity index (χ1v) is 11.4. The van der Waals surface area contributed by atoms with Crippen LogP contribution in [0.5, 0.6) is 0 Å². The summed E-state index contributed by atoms with van der Waals surface area (Å²) < 4.78 is 5.27. The van der Waals surface area contributed by atoms with Gasteiger partial charge in [0.1, 0.15) is 17.8 Å². The number of nitrogens with zero attached hydrogens (tertiary/aromatic N) is 3. The van der Waals surface area contributed by atoms with Crippen LogP contribution in [0.1, 0.15) is 57.1 Å². The molecule has 0 radical (unpaired) electrons. The summed E-state index contributed by atoms with van der Waals surface area (Å²) in [6.45, 7) is 9.90. The van der Waals surface area contributed by atoms with E-state index < -0.39 is 11.6 Å². The molecule has 1 aromatic heterocycles. The van der Waals surface area contributed by atoms with Crippen molar-refractivity contribution in [2.75, 3.05) is 11.4 Å². The number of carbonyl (C=O) groups excluding carboxylic acids is 3. The SMILES string of the molecule is Cc1noc(C)c1CN(C(=O)CN1C(=O)NC2(CC(C)CC(C)(C)C2)C1=O)c1ccccc1. The van der Waals surface area contributed by atoms with Gasteiger partial charge in [0.2, 0.25) is 5.91 Å². The van der Waals surface area contributed by atoms with Crippen molar-refractivity contribution >= 4 is 23.5 Å². The van der Waals surface area contributed by atoms with E-state index >= 15 is 0 Å². The van der Waals surface area contributed by atoms with Crippen LogP contribution < -0.4 is 10.2 Å². The van der Waals surface area contributed by atoms with Crippen molar-refractivity contribution in [1.29, 1.82) is 0 Å². The lowest BCUT2D eigenvalue weighted by atomic mass is 9.64. The monoisotopic (exact) mass is 452 g/mol. The van der Waals surface area contributed by atoms with Gasteiger partial charge in [-0.05, 0) is 56.6 Å². The Bertz CT molecular complexity index is 1060. The summed E-state index contributed by atoms with van der Waals surface area (Å²) in [4.78, 5) is 42.5. The topological polar surface area (TPSA) is 95.8 Å². The average Bonchev–Trinajstić information content (AvgIpc) is 3.15. The molecule has 4 rings (SSSR count). The Morgan fingerprint density at radius 3 is 2.52 bits per heavy atom. The fraction of sp³-hybridized carbons (Fsp3) is 0.520. The van der Waals surface area contributed by atoms with E-state index in [0.717, 1.165) is 16.9 Å². The Kier molecular flexibility index (Phi) is 5.80. The number of hydrogen-bond acceptors (Lipinski definition) is 5. The van der Waals surface area contributed by atoms with Crippen LogP contribution in [0.15, 0.2) is 34.9 Å². The molecule has 2 fully saturated rings. The number of urea groups is 1. The van der Waals surface area contributed by atoms with Crippen LogP contribution in [0, 0.1) is 25.2 Å². The van der Waals surface area contributed by atoms with Gasteiger partial charge in [-0.2, -0.15) is 0 Å². The van der Waals surface area contributed by atoms with Crippen LogP contribution in [-0.2, 0) is 16.1 Å². The molecule has 2 unspecified atom stereocenters. The van der Waals surface area contributed by atoms with Crippen LogP contribution >= 0.6 is 0 Å². The zero-order valence-electron chi connectivity index (χ0n) is 20.0. The molecule has 1 saturated heterocycles.